The van der Waals surface area contributed by atoms with E-state index in [9.17, 15) is 0 Å². The van der Waals surface area contributed by atoms with Gasteiger partial charge in [-0.25, -0.2) is 10.8 Å². The average molecular weight is 222 g/mol. The molecule has 0 spiro atoms. The Labute approximate surface area is 95.4 Å². The molecule has 0 bridgehead atoms. The van der Waals surface area contributed by atoms with Crippen molar-refractivity contribution in [3.8, 4) is 5.88 Å². The number of anilines is 1. The number of aryl methyl sites for hydroxylation is 1. The van der Waals surface area contributed by atoms with Crippen LogP contribution >= 0.6 is 0 Å². The molecule has 0 amide bonds. The van der Waals surface area contributed by atoms with Gasteiger partial charge in [0.05, 0.1) is 6.61 Å². The predicted octanol–water partition coefficient (Wildman–Crippen LogP) is 1.64. The average Bonchev–Trinajstić information content (AvgIpc) is 2.81. The van der Waals surface area contributed by atoms with Crippen LogP contribution in [-0.2, 0) is 0 Å². The molecule has 5 nitrogen and oxygen atoms in total. The molecule has 0 radical (unpaired) electrons. The van der Waals surface area contributed by atoms with Crippen molar-refractivity contribution < 1.29 is 4.74 Å². The quantitative estimate of drug-likeness (QED) is 0.598. The molecule has 88 valence electrons. The summed E-state index contributed by atoms with van der Waals surface area (Å²) >= 11 is 0. The second-order valence-electron chi connectivity index (χ2n) is 4.29. The van der Waals surface area contributed by atoms with Gasteiger partial charge in [-0.3, -0.25) is 5.43 Å². The van der Waals surface area contributed by atoms with Crippen molar-refractivity contribution in [1.82, 2.24) is 9.97 Å². The molecule has 3 N–H and O–H groups in total. The maximum absolute atomic E-state index is 5.72. The lowest BCUT2D eigenvalue weighted by molar-refractivity contribution is 0.242. The van der Waals surface area contributed by atoms with Gasteiger partial charge in [0.25, 0.3) is 0 Å². The van der Waals surface area contributed by atoms with E-state index in [0.717, 1.165) is 12.2 Å². The Morgan fingerprint density at radius 1 is 1.50 bits per heavy atom. The Hall–Kier alpha value is -1.36. The molecule has 1 aliphatic carbocycles. The topological polar surface area (TPSA) is 73.1 Å². The van der Waals surface area contributed by atoms with Crippen molar-refractivity contribution in [3.05, 3.63) is 11.8 Å². The van der Waals surface area contributed by atoms with Crippen LogP contribution in [0, 0.1) is 12.8 Å². The van der Waals surface area contributed by atoms with Crippen LogP contribution in [0.5, 0.6) is 5.88 Å². The van der Waals surface area contributed by atoms with Crippen LogP contribution in [-0.4, -0.2) is 16.6 Å². The van der Waals surface area contributed by atoms with Gasteiger partial charge in [-0.1, -0.05) is 12.8 Å². The first kappa shape index (κ1) is 11.1. The lowest BCUT2D eigenvalue weighted by atomic mass is 10.1. The van der Waals surface area contributed by atoms with E-state index < -0.39 is 0 Å². The zero-order chi connectivity index (χ0) is 11.4. The summed E-state index contributed by atoms with van der Waals surface area (Å²) in [6.07, 6.45) is 6.91. The van der Waals surface area contributed by atoms with Gasteiger partial charge in [0.15, 0.2) is 0 Å². The maximum Gasteiger partial charge on any atom is 0.240 e. The van der Waals surface area contributed by atoms with Crippen LogP contribution in [0.25, 0.3) is 0 Å². The molecular formula is C11H18N4O. The summed E-state index contributed by atoms with van der Waals surface area (Å²) < 4.78 is 5.72. The largest absolute Gasteiger partial charge is 0.477 e. The summed E-state index contributed by atoms with van der Waals surface area (Å²) in [5, 5.41) is 0. The van der Waals surface area contributed by atoms with E-state index in [-0.39, 0.29) is 0 Å². The molecule has 2 rings (SSSR count). The molecule has 1 heterocycles. The van der Waals surface area contributed by atoms with Crippen molar-refractivity contribution in [3.63, 3.8) is 0 Å². The number of hydrogen-bond acceptors (Lipinski definition) is 5. The highest BCUT2D eigenvalue weighted by Gasteiger charge is 2.16. The molecular weight excluding hydrogens is 204 g/mol. The van der Waals surface area contributed by atoms with Gasteiger partial charge >= 0.3 is 0 Å². The molecule has 0 aliphatic heterocycles. The van der Waals surface area contributed by atoms with Gasteiger partial charge in [-0.2, -0.15) is 4.98 Å². The monoisotopic (exact) mass is 222 g/mol. The predicted molar refractivity (Wildman–Crippen MR) is 62.0 cm³/mol. The molecule has 1 aromatic heterocycles. The maximum atomic E-state index is 5.72. The Kier molecular flexibility index (Phi) is 3.56. The van der Waals surface area contributed by atoms with E-state index >= 15 is 0 Å². The number of nitrogens with two attached hydrogens (primary N) is 1. The van der Waals surface area contributed by atoms with Crippen LogP contribution in [0.1, 0.15) is 31.2 Å². The van der Waals surface area contributed by atoms with Gasteiger partial charge in [-0.15, -0.1) is 0 Å². The second kappa shape index (κ2) is 5.12. The highest BCUT2D eigenvalue weighted by Crippen LogP contribution is 2.26. The number of hydrazine groups is 1. The number of nitrogens with zero attached hydrogens (tertiary/aromatic N) is 2. The van der Waals surface area contributed by atoms with Gasteiger partial charge in [0, 0.05) is 11.8 Å². The molecule has 0 saturated heterocycles. The summed E-state index contributed by atoms with van der Waals surface area (Å²) in [5.74, 6) is 6.97. The fraction of sp³-hybridized carbons (Fsp3) is 0.636. The van der Waals surface area contributed by atoms with Crippen LogP contribution in [0.4, 0.5) is 5.95 Å². The number of nitrogens with one attached hydrogen (secondary N) is 1. The summed E-state index contributed by atoms with van der Waals surface area (Å²) in [5.41, 5.74) is 3.36. The van der Waals surface area contributed by atoms with Gasteiger partial charge in [0.2, 0.25) is 11.8 Å². The van der Waals surface area contributed by atoms with E-state index in [2.05, 4.69) is 15.4 Å². The third kappa shape index (κ3) is 2.61. The molecule has 5 heteroatoms. The molecule has 16 heavy (non-hydrogen) atoms. The highest BCUT2D eigenvalue weighted by molar-refractivity contribution is 5.31. The highest BCUT2D eigenvalue weighted by atomic mass is 16.5. The van der Waals surface area contributed by atoms with Crippen molar-refractivity contribution in [2.45, 2.75) is 32.6 Å². The molecule has 1 aromatic rings. The molecule has 0 aromatic carbocycles. The minimum absolute atomic E-state index is 0.395. The zero-order valence-corrected chi connectivity index (χ0v) is 9.57. The fourth-order valence-electron chi connectivity index (χ4n) is 2.02. The van der Waals surface area contributed by atoms with Gasteiger partial charge < -0.3 is 4.74 Å². The second-order valence-corrected chi connectivity index (χ2v) is 4.29. The first-order valence-corrected chi connectivity index (χ1v) is 5.72. The van der Waals surface area contributed by atoms with E-state index in [4.69, 9.17) is 10.6 Å². The molecule has 0 atom stereocenters. The Morgan fingerprint density at radius 2 is 2.25 bits per heavy atom. The van der Waals surface area contributed by atoms with Crippen LogP contribution in [0.2, 0.25) is 0 Å². The first-order valence-electron chi connectivity index (χ1n) is 5.72. The standard InChI is InChI=1S/C11H18N4O/c1-8-6-13-11(15-12)14-10(8)16-7-9-4-2-3-5-9/h6,9H,2-5,7,12H2,1H3,(H,13,14,15). The van der Waals surface area contributed by atoms with Crippen molar-refractivity contribution in [1.29, 1.82) is 0 Å². The van der Waals surface area contributed by atoms with Crippen LogP contribution in [0.3, 0.4) is 0 Å². The summed E-state index contributed by atoms with van der Waals surface area (Å²) in [6, 6.07) is 0. The van der Waals surface area contributed by atoms with Crippen molar-refractivity contribution >= 4 is 5.95 Å². The van der Waals surface area contributed by atoms with E-state index in [1.807, 2.05) is 6.92 Å². The minimum Gasteiger partial charge on any atom is -0.477 e. The number of aromatic nitrogens is 2. The molecule has 1 saturated carbocycles. The number of hydrogen-bond donors (Lipinski definition) is 2. The minimum atomic E-state index is 0.395. The number of nitrogen functional groups attached to an aromatic ring is 1. The smallest absolute Gasteiger partial charge is 0.240 e. The van der Waals surface area contributed by atoms with E-state index in [0.29, 0.717) is 17.7 Å². The Bertz CT molecular complexity index is 350. The summed E-state index contributed by atoms with van der Waals surface area (Å²) in [7, 11) is 0. The molecule has 0 unspecified atom stereocenters. The van der Waals surface area contributed by atoms with Crippen molar-refractivity contribution in [2.24, 2.45) is 11.8 Å². The number of rotatable bonds is 4. The normalized spacial score (nSPS) is 16.4. The lowest BCUT2D eigenvalue weighted by Gasteiger charge is -2.12. The molecule has 1 aliphatic rings. The van der Waals surface area contributed by atoms with E-state index in [1.165, 1.54) is 25.7 Å². The first-order chi connectivity index (χ1) is 7.79. The van der Waals surface area contributed by atoms with Crippen molar-refractivity contribution in [2.75, 3.05) is 12.0 Å². The van der Waals surface area contributed by atoms with Gasteiger partial charge in [0.1, 0.15) is 0 Å². The third-order valence-corrected chi connectivity index (χ3v) is 2.98. The third-order valence-electron chi connectivity index (χ3n) is 2.98. The SMILES string of the molecule is Cc1cnc(NN)nc1OCC1CCCC1. The summed E-state index contributed by atoms with van der Waals surface area (Å²) in [4.78, 5) is 8.19. The lowest BCUT2D eigenvalue weighted by Crippen LogP contribution is -2.13. The van der Waals surface area contributed by atoms with Crippen LogP contribution < -0.4 is 16.0 Å². The van der Waals surface area contributed by atoms with E-state index in [1.54, 1.807) is 6.20 Å². The molecule has 1 fully saturated rings. The zero-order valence-electron chi connectivity index (χ0n) is 9.57. The van der Waals surface area contributed by atoms with Crippen LogP contribution in [0.15, 0.2) is 6.20 Å². The Morgan fingerprint density at radius 3 is 2.94 bits per heavy atom. The number of ether oxygens (including phenoxy) is 1. The van der Waals surface area contributed by atoms with Gasteiger partial charge in [-0.05, 0) is 25.7 Å². The summed E-state index contributed by atoms with van der Waals surface area (Å²) in [6.45, 7) is 2.69. The fourth-order valence-corrected chi connectivity index (χ4v) is 2.02. The Balaban J connectivity index is 1.96.